The molecule has 1 heterocycles. The number of piperidine rings is 1. The summed E-state index contributed by atoms with van der Waals surface area (Å²) in [5.41, 5.74) is 1.07. The second-order valence-corrected chi connectivity index (χ2v) is 4.38. The van der Waals surface area contributed by atoms with E-state index in [2.05, 4.69) is 4.90 Å². The standard InChI is InChI=1S/C13H19NO2/c15-9-7-11-4-1-2-8-14(11)12-5-3-6-13(16)10-12/h3,5-6,10-11,15-16H,1-2,4,7-9H2. The molecule has 0 radical (unpaired) electrons. The van der Waals surface area contributed by atoms with Crippen LogP contribution >= 0.6 is 0 Å². The molecule has 2 N–H and O–H groups in total. The molecular weight excluding hydrogens is 202 g/mol. The van der Waals surface area contributed by atoms with Crippen molar-refractivity contribution in [3.63, 3.8) is 0 Å². The lowest BCUT2D eigenvalue weighted by molar-refractivity contribution is 0.262. The Morgan fingerprint density at radius 2 is 2.19 bits per heavy atom. The number of hydrogen-bond acceptors (Lipinski definition) is 3. The molecule has 0 saturated carbocycles. The van der Waals surface area contributed by atoms with Crippen molar-refractivity contribution in [3.8, 4) is 5.75 Å². The molecule has 1 unspecified atom stereocenters. The van der Waals surface area contributed by atoms with E-state index in [4.69, 9.17) is 5.11 Å². The van der Waals surface area contributed by atoms with Gasteiger partial charge in [0.15, 0.2) is 0 Å². The maximum Gasteiger partial charge on any atom is 0.117 e. The van der Waals surface area contributed by atoms with Crippen LogP contribution in [0.4, 0.5) is 5.69 Å². The lowest BCUT2D eigenvalue weighted by Crippen LogP contribution is -2.40. The van der Waals surface area contributed by atoms with Crippen molar-refractivity contribution < 1.29 is 10.2 Å². The van der Waals surface area contributed by atoms with Crippen LogP contribution in [0.1, 0.15) is 25.7 Å². The smallest absolute Gasteiger partial charge is 0.117 e. The average Bonchev–Trinajstić information content (AvgIpc) is 2.30. The van der Waals surface area contributed by atoms with Gasteiger partial charge in [-0.15, -0.1) is 0 Å². The molecule has 0 aromatic heterocycles. The molecule has 0 aliphatic carbocycles. The van der Waals surface area contributed by atoms with Crippen molar-refractivity contribution in [2.24, 2.45) is 0 Å². The maximum absolute atomic E-state index is 9.48. The van der Waals surface area contributed by atoms with Crippen LogP contribution in [0.25, 0.3) is 0 Å². The SMILES string of the molecule is OCCC1CCCCN1c1cccc(O)c1. The van der Waals surface area contributed by atoms with Crippen LogP contribution in [0.2, 0.25) is 0 Å². The zero-order chi connectivity index (χ0) is 11.4. The molecule has 1 aromatic carbocycles. The molecule has 3 nitrogen and oxygen atoms in total. The summed E-state index contributed by atoms with van der Waals surface area (Å²) < 4.78 is 0. The van der Waals surface area contributed by atoms with Crippen molar-refractivity contribution in [3.05, 3.63) is 24.3 Å². The van der Waals surface area contributed by atoms with Crippen LogP contribution in [0.5, 0.6) is 5.75 Å². The number of anilines is 1. The van der Waals surface area contributed by atoms with Gasteiger partial charge >= 0.3 is 0 Å². The zero-order valence-corrected chi connectivity index (χ0v) is 9.47. The molecule has 1 aliphatic rings. The summed E-state index contributed by atoms with van der Waals surface area (Å²) in [6.45, 7) is 1.26. The predicted molar refractivity (Wildman–Crippen MR) is 64.8 cm³/mol. The number of benzene rings is 1. The van der Waals surface area contributed by atoms with Crippen molar-refractivity contribution in [2.45, 2.75) is 31.7 Å². The minimum absolute atomic E-state index is 0.236. The van der Waals surface area contributed by atoms with Crippen molar-refractivity contribution in [1.29, 1.82) is 0 Å². The van der Waals surface area contributed by atoms with E-state index in [1.165, 1.54) is 12.8 Å². The summed E-state index contributed by atoms with van der Waals surface area (Å²) in [7, 11) is 0. The molecule has 1 aromatic rings. The maximum atomic E-state index is 9.48. The molecule has 0 spiro atoms. The highest BCUT2D eigenvalue weighted by molar-refractivity contribution is 5.51. The molecule has 16 heavy (non-hydrogen) atoms. The number of aromatic hydroxyl groups is 1. The highest BCUT2D eigenvalue weighted by Crippen LogP contribution is 2.28. The summed E-state index contributed by atoms with van der Waals surface area (Å²) >= 11 is 0. The third-order valence-corrected chi connectivity index (χ3v) is 3.25. The first kappa shape index (κ1) is 11.3. The Bertz CT molecular complexity index is 338. The molecule has 0 bridgehead atoms. The van der Waals surface area contributed by atoms with E-state index >= 15 is 0 Å². The second-order valence-electron chi connectivity index (χ2n) is 4.38. The second kappa shape index (κ2) is 5.21. The van der Waals surface area contributed by atoms with Gasteiger partial charge in [0.05, 0.1) is 0 Å². The van der Waals surface area contributed by atoms with Crippen molar-refractivity contribution >= 4 is 5.69 Å². The highest BCUT2D eigenvalue weighted by Gasteiger charge is 2.22. The fourth-order valence-electron chi connectivity index (χ4n) is 2.46. The Labute approximate surface area is 96.3 Å². The largest absolute Gasteiger partial charge is 0.508 e. The quantitative estimate of drug-likeness (QED) is 0.821. The first-order chi connectivity index (χ1) is 7.81. The summed E-state index contributed by atoms with van der Waals surface area (Å²) in [6.07, 6.45) is 4.38. The lowest BCUT2D eigenvalue weighted by Gasteiger charge is -2.37. The Hall–Kier alpha value is -1.22. The van der Waals surface area contributed by atoms with Gasteiger partial charge in [0.25, 0.3) is 0 Å². The van der Waals surface area contributed by atoms with Crippen molar-refractivity contribution in [2.75, 3.05) is 18.1 Å². The number of aliphatic hydroxyl groups is 1. The van der Waals surface area contributed by atoms with E-state index in [0.29, 0.717) is 11.8 Å². The fraction of sp³-hybridized carbons (Fsp3) is 0.538. The third-order valence-electron chi connectivity index (χ3n) is 3.25. The van der Waals surface area contributed by atoms with E-state index in [0.717, 1.165) is 25.1 Å². The molecule has 1 saturated heterocycles. The highest BCUT2D eigenvalue weighted by atomic mass is 16.3. The fourth-order valence-corrected chi connectivity index (χ4v) is 2.46. The molecule has 88 valence electrons. The van der Waals surface area contributed by atoms with Gasteiger partial charge < -0.3 is 15.1 Å². The van der Waals surface area contributed by atoms with Gasteiger partial charge in [-0.1, -0.05) is 6.07 Å². The first-order valence-electron chi connectivity index (χ1n) is 5.98. The van der Waals surface area contributed by atoms with Gasteiger partial charge in [-0.05, 0) is 37.8 Å². The first-order valence-corrected chi connectivity index (χ1v) is 5.98. The summed E-state index contributed by atoms with van der Waals surface area (Å²) in [4.78, 5) is 2.30. The minimum Gasteiger partial charge on any atom is -0.508 e. The van der Waals surface area contributed by atoms with E-state index in [1.54, 1.807) is 12.1 Å². The normalized spacial score (nSPS) is 21.1. The zero-order valence-electron chi connectivity index (χ0n) is 9.47. The van der Waals surface area contributed by atoms with Gasteiger partial charge in [-0.2, -0.15) is 0 Å². The molecule has 1 aliphatic heterocycles. The monoisotopic (exact) mass is 221 g/mol. The Morgan fingerprint density at radius 1 is 1.31 bits per heavy atom. The number of phenols is 1. The van der Waals surface area contributed by atoms with Gasteiger partial charge in [0.2, 0.25) is 0 Å². The van der Waals surface area contributed by atoms with Gasteiger partial charge in [-0.3, -0.25) is 0 Å². The Morgan fingerprint density at radius 3 is 2.94 bits per heavy atom. The summed E-state index contributed by atoms with van der Waals surface area (Å²) in [6, 6.07) is 7.80. The number of hydrogen-bond donors (Lipinski definition) is 2. The van der Waals surface area contributed by atoms with Crippen molar-refractivity contribution in [1.82, 2.24) is 0 Å². The van der Waals surface area contributed by atoms with Crippen LogP contribution in [0.15, 0.2) is 24.3 Å². The van der Waals surface area contributed by atoms with Crippen LogP contribution in [0.3, 0.4) is 0 Å². The number of phenolic OH excluding ortho intramolecular Hbond substituents is 1. The summed E-state index contributed by atoms with van der Waals surface area (Å²) in [5, 5.41) is 18.5. The molecule has 1 fully saturated rings. The molecule has 3 heteroatoms. The Kier molecular flexibility index (Phi) is 3.67. The van der Waals surface area contributed by atoms with E-state index < -0.39 is 0 Å². The van der Waals surface area contributed by atoms with Crippen LogP contribution < -0.4 is 4.90 Å². The number of rotatable bonds is 3. The van der Waals surface area contributed by atoms with Crippen LogP contribution in [-0.4, -0.2) is 29.4 Å². The lowest BCUT2D eigenvalue weighted by atomic mass is 9.99. The minimum atomic E-state index is 0.236. The predicted octanol–water partition coefficient (Wildman–Crippen LogP) is 2.13. The van der Waals surface area contributed by atoms with Crippen LogP contribution in [-0.2, 0) is 0 Å². The average molecular weight is 221 g/mol. The van der Waals surface area contributed by atoms with Gasteiger partial charge in [-0.25, -0.2) is 0 Å². The summed E-state index contributed by atoms with van der Waals surface area (Å²) in [5.74, 6) is 0.311. The molecule has 1 atom stereocenters. The molecular formula is C13H19NO2. The van der Waals surface area contributed by atoms with Gasteiger partial charge in [0, 0.05) is 30.9 Å². The van der Waals surface area contributed by atoms with Gasteiger partial charge in [0.1, 0.15) is 5.75 Å². The van der Waals surface area contributed by atoms with E-state index in [-0.39, 0.29) is 6.61 Å². The number of aliphatic hydroxyl groups excluding tert-OH is 1. The molecule has 0 amide bonds. The van der Waals surface area contributed by atoms with Crippen LogP contribution in [0, 0.1) is 0 Å². The third kappa shape index (κ3) is 2.47. The van der Waals surface area contributed by atoms with E-state index in [9.17, 15) is 5.11 Å². The molecule has 2 rings (SSSR count). The van der Waals surface area contributed by atoms with E-state index in [1.807, 2.05) is 12.1 Å². The Balaban J connectivity index is 2.16. The topological polar surface area (TPSA) is 43.7 Å². The number of nitrogens with zero attached hydrogens (tertiary/aromatic N) is 1.